The lowest BCUT2D eigenvalue weighted by Crippen LogP contribution is -1.87. The molecular weight excluding hydrogens is 360 g/mol. The van der Waals surface area contributed by atoms with Gasteiger partial charge in [-0.05, 0) is 66.8 Å². The van der Waals surface area contributed by atoms with Crippen LogP contribution in [-0.4, -0.2) is 29.9 Å². The molecule has 6 heterocycles. The summed E-state index contributed by atoms with van der Waals surface area (Å²) in [6.45, 7) is 0. The van der Waals surface area contributed by atoms with Crippen LogP contribution in [0.3, 0.4) is 0 Å². The van der Waals surface area contributed by atoms with Crippen molar-refractivity contribution in [3.63, 3.8) is 0 Å². The van der Waals surface area contributed by atoms with Gasteiger partial charge >= 0.3 is 0 Å². The van der Waals surface area contributed by atoms with E-state index in [0.717, 1.165) is 56.2 Å². The zero-order valence-electron chi connectivity index (χ0n) is 15.3. The van der Waals surface area contributed by atoms with Crippen molar-refractivity contribution in [2.75, 3.05) is 0 Å². The fourth-order valence-electron chi connectivity index (χ4n) is 3.66. The molecule has 0 fully saturated rings. The number of fused-ring (bicyclic) bond motifs is 8. The Kier molecular flexibility index (Phi) is 3.37. The molecule has 3 N–H and O–H groups in total. The number of nitrogens with zero attached hydrogens (tertiary/aromatic N) is 3. The molecule has 0 aliphatic carbocycles. The van der Waals surface area contributed by atoms with Crippen molar-refractivity contribution in [1.82, 2.24) is 29.9 Å². The maximum absolute atomic E-state index is 4.83. The van der Waals surface area contributed by atoms with E-state index in [1.807, 2.05) is 73.0 Å². The van der Waals surface area contributed by atoms with Crippen LogP contribution in [0.1, 0.15) is 22.8 Å². The molecule has 0 aromatic carbocycles. The first kappa shape index (κ1) is 15.8. The molecule has 4 aromatic heterocycles. The third-order valence-corrected chi connectivity index (χ3v) is 4.95. The van der Waals surface area contributed by atoms with Gasteiger partial charge in [0.2, 0.25) is 0 Å². The molecule has 0 radical (unpaired) electrons. The quantitative estimate of drug-likeness (QED) is 0.375. The molecule has 6 nitrogen and oxygen atoms in total. The molecular formula is C23H16N6. The molecule has 4 aromatic rings. The first-order chi connectivity index (χ1) is 14.3. The average Bonchev–Trinajstić information content (AvgIpc) is 3.51. The third kappa shape index (κ3) is 2.87. The van der Waals surface area contributed by atoms with E-state index in [1.54, 1.807) is 6.20 Å². The summed E-state index contributed by atoms with van der Waals surface area (Å²) in [5.74, 6) is 0.773. The number of hydrogen-bond acceptors (Lipinski definition) is 3. The summed E-state index contributed by atoms with van der Waals surface area (Å²) in [6.07, 6.45) is 11.6. The summed E-state index contributed by atoms with van der Waals surface area (Å²) in [7, 11) is 0. The molecule has 0 saturated heterocycles. The van der Waals surface area contributed by atoms with Gasteiger partial charge in [-0.15, -0.1) is 0 Å². The van der Waals surface area contributed by atoms with Crippen molar-refractivity contribution in [3.05, 3.63) is 77.6 Å². The first-order valence-corrected chi connectivity index (χ1v) is 9.37. The molecule has 2 aliphatic heterocycles. The van der Waals surface area contributed by atoms with Gasteiger partial charge in [0.05, 0.1) is 33.9 Å². The van der Waals surface area contributed by atoms with Gasteiger partial charge in [0.25, 0.3) is 0 Å². The highest BCUT2D eigenvalue weighted by Gasteiger charge is 2.12. The Labute approximate surface area is 165 Å². The molecule has 6 heteroatoms. The molecule has 8 bridgehead atoms. The smallest absolute Gasteiger partial charge is 0.141 e. The van der Waals surface area contributed by atoms with Crippen LogP contribution in [0, 0.1) is 0 Å². The summed E-state index contributed by atoms with van der Waals surface area (Å²) in [5.41, 5.74) is 8.42. The van der Waals surface area contributed by atoms with Gasteiger partial charge in [-0.2, -0.15) is 0 Å². The summed E-state index contributed by atoms with van der Waals surface area (Å²) < 4.78 is 0. The van der Waals surface area contributed by atoms with Crippen molar-refractivity contribution < 1.29 is 0 Å². The topological polar surface area (TPSA) is 86.0 Å². The summed E-state index contributed by atoms with van der Waals surface area (Å²) in [6, 6.07) is 14.3. The van der Waals surface area contributed by atoms with E-state index in [4.69, 9.17) is 4.98 Å². The number of nitrogens with one attached hydrogen (secondary N) is 3. The Balaban J connectivity index is 1.74. The van der Waals surface area contributed by atoms with Crippen LogP contribution in [0.5, 0.6) is 0 Å². The lowest BCUT2D eigenvalue weighted by molar-refractivity contribution is 1.26. The van der Waals surface area contributed by atoms with E-state index in [-0.39, 0.29) is 0 Å². The van der Waals surface area contributed by atoms with Crippen LogP contribution >= 0.6 is 0 Å². The van der Waals surface area contributed by atoms with E-state index < -0.39 is 0 Å². The molecule has 0 spiro atoms. The lowest BCUT2D eigenvalue weighted by Gasteiger charge is -1.98. The van der Waals surface area contributed by atoms with Gasteiger partial charge in [0.15, 0.2) is 0 Å². The largest absolute Gasteiger partial charge is 0.355 e. The Bertz CT molecular complexity index is 1450. The van der Waals surface area contributed by atoms with Crippen LogP contribution in [0.4, 0.5) is 0 Å². The standard InChI is InChI=1S/C23H16N6/c1-3-16-12-18-5-7-20(28-18)22(23-24-9-10-25-23)21-8-6-19(29-21)13-17-4-2-15(27-17)11-14(1)26-16/h1-13,26,29H,(H,24,25). The first-order valence-electron chi connectivity index (χ1n) is 9.37. The van der Waals surface area contributed by atoms with Gasteiger partial charge in [-0.3, -0.25) is 0 Å². The molecule has 0 saturated carbocycles. The van der Waals surface area contributed by atoms with E-state index in [9.17, 15) is 0 Å². The van der Waals surface area contributed by atoms with E-state index in [1.165, 1.54) is 0 Å². The zero-order valence-corrected chi connectivity index (χ0v) is 15.3. The monoisotopic (exact) mass is 376 g/mol. The summed E-state index contributed by atoms with van der Waals surface area (Å²) in [4.78, 5) is 24.1. The third-order valence-electron chi connectivity index (χ3n) is 4.95. The molecule has 29 heavy (non-hydrogen) atoms. The fourth-order valence-corrected chi connectivity index (χ4v) is 3.66. The minimum Gasteiger partial charge on any atom is -0.355 e. The molecule has 0 atom stereocenters. The van der Waals surface area contributed by atoms with Crippen molar-refractivity contribution in [2.24, 2.45) is 0 Å². The maximum Gasteiger partial charge on any atom is 0.141 e. The Morgan fingerprint density at radius 3 is 2.03 bits per heavy atom. The predicted molar refractivity (Wildman–Crippen MR) is 116 cm³/mol. The van der Waals surface area contributed by atoms with Crippen molar-refractivity contribution in [2.45, 2.75) is 0 Å². The van der Waals surface area contributed by atoms with E-state index >= 15 is 0 Å². The van der Waals surface area contributed by atoms with Gasteiger partial charge in [0.1, 0.15) is 5.82 Å². The van der Waals surface area contributed by atoms with E-state index in [2.05, 4.69) is 24.9 Å². The maximum atomic E-state index is 4.83. The second kappa shape index (κ2) is 6.17. The average molecular weight is 376 g/mol. The number of H-pyrrole nitrogens is 3. The Hall–Kier alpha value is -4.19. The highest BCUT2D eigenvalue weighted by atomic mass is 14.9. The minimum absolute atomic E-state index is 0.773. The molecule has 0 amide bonds. The second-order valence-electron chi connectivity index (χ2n) is 6.99. The molecule has 2 aliphatic rings. The summed E-state index contributed by atoms with van der Waals surface area (Å²) >= 11 is 0. The summed E-state index contributed by atoms with van der Waals surface area (Å²) in [5, 5.41) is 0. The Morgan fingerprint density at radius 1 is 0.655 bits per heavy atom. The van der Waals surface area contributed by atoms with Gasteiger partial charge in [-0.1, -0.05) is 0 Å². The number of rotatable bonds is 1. The van der Waals surface area contributed by atoms with Crippen LogP contribution in [0.15, 0.2) is 54.9 Å². The Morgan fingerprint density at radius 2 is 1.31 bits per heavy atom. The second-order valence-corrected chi connectivity index (χ2v) is 6.99. The highest BCUT2D eigenvalue weighted by molar-refractivity contribution is 5.88. The normalized spacial score (nSPS) is 12.6. The van der Waals surface area contributed by atoms with Crippen LogP contribution < -0.4 is 0 Å². The molecule has 6 rings (SSSR count). The lowest BCUT2D eigenvalue weighted by atomic mass is 10.2. The van der Waals surface area contributed by atoms with Crippen LogP contribution in [-0.2, 0) is 0 Å². The van der Waals surface area contributed by atoms with Gasteiger partial charge in [0, 0.05) is 28.9 Å². The van der Waals surface area contributed by atoms with Crippen LogP contribution in [0.25, 0.3) is 57.8 Å². The number of aromatic nitrogens is 6. The molecule has 138 valence electrons. The highest BCUT2D eigenvalue weighted by Crippen LogP contribution is 2.27. The zero-order chi connectivity index (χ0) is 19.2. The van der Waals surface area contributed by atoms with Crippen LogP contribution in [0.2, 0.25) is 0 Å². The van der Waals surface area contributed by atoms with Crippen molar-refractivity contribution in [1.29, 1.82) is 0 Å². The van der Waals surface area contributed by atoms with Gasteiger partial charge < -0.3 is 15.0 Å². The number of imidazole rings is 1. The van der Waals surface area contributed by atoms with Gasteiger partial charge in [-0.25, -0.2) is 15.0 Å². The predicted octanol–water partition coefficient (Wildman–Crippen LogP) is 5.05. The number of hydrogen-bond donors (Lipinski definition) is 3. The number of aromatic amines is 3. The minimum atomic E-state index is 0.773. The van der Waals surface area contributed by atoms with E-state index in [0.29, 0.717) is 0 Å². The fraction of sp³-hybridized carbons (Fsp3) is 0. The van der Waals surface area contributed by atoms with Crippen molar-refractivity contribution >= 4 is 46.4 Å². The molecule has 0 unspecified atom stereocenters. The SMILES string of the molecule is C1=Cc2cc3ccc([nH]3)c(-c3ncc[nH]3)c3nc(cc4ccc(cc1n2)[nH]4)C=C3. The van der Waals surface area contributed by atoms with Crippen molar-refractivity contribution in [3.8, 4) is 11.4 Å².